The maximum atomic E-state index is 11.4. The van der Waals surface area contributed by atoms with Crippen molar-refractivity contribution in [2.24, 2.45) is 0 Å². The smallest absolute Gasteiger partial charge is 0.266 e. The molecule has 1 N–H and O–H groups in total. The molecule has 0 aliphatic heterocycles. The quantitative estimate of drug-likeness (QED) is 0.738. The van der Waals surface area contributed by atoms with E-state index >= 15 is 0 Å². The molecule has 72 valence electrons. The highest BCUT2D eigenvalue weighted by Crippen LogP contribution is 2.13. The van der Waals surface area contributed by atoms with Crippen LogP contribution >= 0.6 is 0 Å². The summed E-state index contributed by atoms with van der Waals surface area (Å²) in [5.74, 6) is 0.326. The van der Waals surface area contributed by atoms with Crippen molar-refractivity contribution in [2.45, 2.75) is 19.8 Å². The van der Waals surface area contributed by atoms with Gasteiger partial charge in [0.15, 0.2) is 0 Å². The van der Waals surface area contributed by atoms with Crippen molar-refractivity contribution in [2.75, 3.05) is 0 Å². The first kappa shape index (κ1) is 8.87. The van der Waals surface area contributed by atoms with E-state index in [-0.39, 0.29) is 5.56 Å². The fraction of sp³-hybridized carbons (Fsp3) is 0.300. The molecule has 4 nitrogen and oxygen atoms in total. The van der Waals surface area contributed by atoms with Crippen molar-refractivity contribution < 1.29 is 0 Å². The van der Waals surface area contributed by atoms with Gasteiger partial charge in [0.05, 0.1) is 6.20 Å². The molecule has 0 atom stereocenters. The lowest BCUT2D eigenvalue weighted by atomic mass is 10.1. The normalized spacial score (nSPS) is 11.1. The Hall–Kier alpha value is -1.71. The zero-order chi connectivity index (χ0) is 10.1. The van der Waals surface area contributed by atoms with Crippen LogP contribution < -0.4 is 5.56 Å². The zero-order valence-electron chi connectivity index (χ0n) is 8.11. The molecule has 2 aromatic heterocycles. The molecule has 0 spiro atoms. The summed E-state index contributed by atoms with van der Waals surface area (Å²) in [6.45, 7) is 4.09. The van der Waals surface area contributed by atoms with E-state index in [0.717, 1.165) is 11.1 Å². The van der Waals surface area contributed by atoms with Crippen LogP contribution in [-0.4, -0.2) is 15.2 Å². The van der Waals surface area contributed by atoms with Crippen molar-refractivity contribution in [3.8, 4) is 0 Å². The van der Waals surface area contributed by atoms with Gasteiger partial charge in [0.1, 0.15) is 5.52 Å². The fourth-order valence-electron chi connectivity index (χ4n) is 1.31. The molecule has 2 heterocycles. The number of hydrogen-bond donors (Lipinski definition) is 1. The van der Waals surface area contributed by atoms with Gasteiger partial charge in [-0.2, -0.15) is 5.10 Å². The standard InChI is InChI=1S/C10H11N3O/c1-6(2)8-4-3-7-5-11-13-10(14)9(7)12-8/h3-6H,1-2H3,(H,13,14). The summed E-state index contributed by atoms with van der Waals surface area (Å²) in [6, 6.07) is 3.80. The van der Waals surface area contributed by atoms with Crippen LogP contribution in [0.4, 0.5) is 0 Å². The van der Waals surface area contributed by atoms with Crippen LogP contribution in [0.2, 0.25) is 0 Å². The van der Waals surface area contributed by atoms with Gasteiger partial charge in [0, 0.05) is 11.1 Å². The molecule has 2 aromatic rings. The number of hydrogen-bond acceptors (Lipinski definition) is 3. The maximum absolute atomic E-state index is 11.4. The lowest BCUT2D eigenvalue weighted by molar-refractivity contribution is 0.827. The Balaban J connectivity index is 2.76. The monoisotopic (exact) mass is 189 g/mol. The number of nitrogens with one attached hydrogen (secondary N) is 1. The fourth-order valence-corrected chi connectivity index (χ4v) is 1.31. The minimum Gasteiger partial charge on any atom is -0.266 e. The molecular weight excluding hydrogens is 178 g/mol. The van der Waals surface area contributed by atoms with Gasteiger partial charge in [-0.3, -0.25) is 4.79 Å². The van der Waals surface area contributed by atoms with Gasteiger partial charge >= 0.3 is 0 Å². The van der Waals surface area contributed by atoms with Gasteiger partial charge in [0.25, 0.3) is 5.56 Å². The van der Waals surface area contributed by atoms with E-state index < -0.39 is 0 Å². The Bertz CT molecular complexity index is 516. The van der Waals surface area contributed by atoms with Crippen molar-refractivity contribution in [1.82, 2.24) is 15.2 Å². The van der Waals surface area contributed by atoms with Crippen LogP contribution in [0, 0.1) is 0 Å². The first-order chi connectivity index (χ1) is 6.68. The minimum absolute atomic E-state index is 0.231. The third kappa shape index (κ3) is 1.39. The Labute approximate surface area is 81.0 Å². The van der Waals surface area contributed by atoms with E-state index in [0.29, 0.717) is 11.4 Å². The SMILES string of the molecule is CC(C)c1ccc2cn[nH]c(=O)c2n1. The van der Waals surface area contributed by atoms with E-state index in [1.165, 1.54) is 0 Å². The molecule has 0 aromatic carbocycles. The Morgan fingerprint density at radius 1 is 1.36 bits per heavy atom. The molecule has 4 heteroatoms. The van der Waals surface area contributed by atoms with Gasteiger partial charge in [-0.15, -0.1) is 0 Å². The summed E-state index contributed by atoms with van der Waals surface area (Å²) in [7, 11) is 0. The summed E-state index contributed by atoms with van der Waals surface area (Å²) in [5, 5.41) is 6.86. The molecule has 0 bridgehead atoms. The molecule has 0 unspecified atom stereocenters. The Morgan fingerprint density at radius 2 is 2.14 bits per heavy atom. The molecule has 2 rings (SSSR count). The molecule has 0 aliphatic carbocycles. The van der Waals surface area contributed by atoms with Crippen molar-refractivity contribution in [3.05, 3.63) is 34.4 Å². The lowest BCUT2D eigenvalue weighted by Crippen LogP contribution is -2.10. The third-order valence-corrected chi connectivity index (χ3v) is 2.12. The number of aromatic nitrogens is 3. The highest BCUT2D eigenvalue weighted by molar-refractivity contribution is 5.76. The molecule has 0 aliphatic rings. The van der Waals surface area contributed by atoms with Crippen LogP contribution in [-0.2, 0) is 0 Å². The summed E-state index contributed by atoms with van der Waals surface area (Å²) >= 11 is 0. The summed E-state index contributed by atoms with van der Waals surface area (Å²) in [6.07, 6.45) is 1.60. The largest absolute Gasteiger partial charge is 0.290 e. The van der Waals surface area contributed by atoms with Crippen molar-refractivity contribution in [1.29, 1.82) is 0 Å². The van der Waals surface area contributed by atoms with E-state index in [1.54, 1.807) is 6.20 Å². The topological polar surface area (TPSA) is 58.6 Å². The van der Waals surface area contributed by atoms with Crippen molar-refractivity contribution in [3.63, 3.8) is 0 Å². The lowest BCUT2D eigenvalue weighted by Gasteiger charge is -2.04. The highest BCUT2D eigenvalue weighted by Gasteiger charge is 2.04. The highest BCUT2D eigenvalue weighted by atomic mass is 16.1. The summed E-state index contributed by atoms with van der Waals surface area (Å²) in [4.78, 5) is 15.7. The third-order valence-electron chi connectivity index (χ3n) is 2.12. The average molecular weight is 189 g/mol. The summed E-state index contributed by atoms with van der Waals surface area (Å²) < 4.78 is 0. The number of aromatic amines is 1. The number of rotatable bonds is 1. The van der Waals surface area contributed by atoms with Gasteiger partial charge in [0.2, 0.25) is 0 Å². The second kappa shape index (κ2) is 3.21. The van der Waals surface area contributed by atoms with E-state index in [9.17, 15) is 4.79 Å². The zero-order valence-corrected chi connectivity index (χ0v) is 8.11. The van der Waals surface area contributed by atoms with Crippen LogP contribution in [0.5, 0.6) is 0 Å². The van der Waals surface area contributed by atoms with Gasteiger partial charge in [-0.1, -0.05) is 13.8 Å². The van der Waals surface area contributed by atoms with Crippen LogP contribution in [0.1, 0.15) is 25.5 Å². The number of pyridine rings is 1. The molecular formula is C10H11N3O. The molecule has 14 heavy (non-hydrogen) atoms. The first-order valence-corrected chi connectivity index (χ1v) is 4.53. The van der Waals surface area contributed by atoms with Crippen molar-refractivity contribution >= 4 is 10.9 Å². The number of fused-ring (bicyclic) bond motifs is 1. The molecule has 0 amide bonds. The summed E-state index contributed by atoms with van der Waals surface area (Å²) in [5.41, 5.74) is 1.16. The second-order valence-corrected chi connectivity index (χ2v) is 3.53. The van der Waals surface area contributed by atoms with Crippen LogP contribution in [0.25, 0.3) is 10.9 Å². The predicted molar refractivity (Wildman–Crippen MR) is 54.2 cm³/mol. The average Bonchev–Trinajstić information content (AvgIpc) is 2.18. The molecule has 0 saturated heterocycles. The number of nitrogens with zero attached hydrogens (tertiary/aromatic N) is 2. The Morgan fingerprint density at radius 3 is 2.86 bits per heavy atom. The Kier molecular flexibility index (Phi) is 2.04. The molecule has 0 saturated carbocycles. The van der Waals surface area contributed by atoms with Gasteiger partial charge in [-0.05, 0) is 18.1 Å². The molecule has 0 radical (unpaired) electrons. The van der Waals surface area contributed by atoms with Crippen LogP contribution in [0.3, 0.4) is 0 Å². The minimum atomic E-state index is -0.231. The molecule has 0 fully saturated rings. The predicted octanol–water partition coefficient (Wildman–Crippen LogP) is 1.44. The van der Waals surface area contributed by atoms with Crippen LogP contribution in [0.15, 0.2) is 23.1 Å². The van der Waals surface area contributed by atoms with E-state index in [1.807, 2.05) is 26.0 Å². The van der Waals surface area contributed by atoms with Gasteiger partial charge in [-0.25, -0.2) is 10.1 Å². The van der Waals surface area contributed by atoms with E-state index in [4.69, 9.17) is 0 Å². The second-order valence-electron chi connectivity index (χ2n) is 3.53. The number of H-pyrrole nitrogens is 1. The maximum Gasteiger partial charge on any atom is 0.290 e. The first-order valence-electron chi connectivity index (χ1n) is 4.53. The van der Waals surface area contributed by atoms with Gasteiger partial charge < -0.3 is 0 Å². The van der Waals surface area contributed by atoms with E-state index in [2.05, 4.69) is 15.2 Å².